The van der Waals surface area contributed by atoms with Crippen LogP contribution in [-0.4, -0.2) is 23.2 Å². The van der Waals surface area contributed by atoms with Gasteiger partial charge in [0.25, 0.3) is 0 Å². The normalized spacial score (nSPS) is 19.8. The molecule has 0 bridgehead atoms. The van der Waals surface area contributed by atoms with Crippen LogP contribution in [0.15, 0.2) is 59.1 Å². The van der Waals surface area contributed by atoms with E-state index in [1.54, 1.807) is 0 Å². The fourth-order valence-corrected chi connectivity index (χ4v) is 4.17. The first kappa shape index (κ1) is 19.0. The fraction of sp³-hybridized carbons (Fsp3) is 0.364. The lowest BCUT2D eigenvalue weighted by Crippen LogP contribution is -2.29. The lowest BCUT2D eigenvalue weighted by molar-refractivity contribution is 0.306. The molecule has 1 saturated heterocycles. The van der Waals surface area contributed by atoms with Gasteiger partial charge in [0.05, 0.1) is 5.56 Å². The van der Waals surface area contributed by atoms with Gasteiger partial charge in [-0.1, -0.05) is 47.6 Å². The Labute approximate surface area is 170 Å². The largest absolute Gasteiger partial charge is 0.488 e. The van der Waals surface area contributed by atoms with Gasteiger partial charge in [-0.2, -0.15) is 4.98 Å². The van der Waals surface area contributed by atoms with Crippen LogP contribution in [0.3, 0.4) is 0 Å². The zero-order valence-electron chi connectivity index (χ0n) is 15.6. The molecule has 0 amide bonds. The molecule has 0 radical (unpaired) electrons. The summed E-state index contributed by atoms with van der Waals surface area (Å²) in [5, 5.41) is 7.69. The SMILES string of the molecule is Cl.c1ccc(COc2ccccc2-c2noc(C3CC34CCNCC4)n2)cc1. The van der Waals surface area contributed by atoms with E-state index in [4.69, 9.17) is 14.2 Å². The van der Waals surface area contributed by atoms with E-state index in [9.17, 15) is 0 Å². The van der Waals surface area contributed by atoms with Crippen LogP contribution >= 0.6 is 12.4 Å². The molecule has 2 aromatic carbocycles. The number of nitrogens with one attached hydrogen (secondary N) is 1. The number of para-hydroxylation sites is 1. The Morgan fingerprint density at radius 2 is 1.79 bits per heavy atom. The van der Waals surface area contributed by atoms with Crippen molar-refractivity contribution in [2.24, 2.45) is 5.41 Å². The minimum absolute atomic E-state index is 0. The van der Waals surface area contributed by atoms with Gasteiger partial charge in [-0.25, -0.2) is 0 Å². The van der Waals surface area contributed by atoms with Crippen molar-refractivity contribution in [3.8, 4) is 17.1 Å². The van der Waals surface area contributed by atoms with Crippen molar-refractivity contribution in [3.63, 3.8) is 0 Å². The van der Waals surface area contributed by atoms with Gasteiger partial charge in [0.1, 0.15) is 12.4 Å². The van der Waals surface area contributed by atoms with Crippen LogP contribution < -0.4 is 10.1 Å². The third kappa shape index (κ3) is 3.64. The van der Waals surface area contributed by atoms with Gasteiger partial charge < -0.3 is 14.6 Å². The third-order valence-corrected chi connectivity index (χ3v) is 5.89. The highest BCUT2D eigenvalue weighted by Crippen LogP contribution is 2.63. The standard InChI is InChI=1S/C22H23N3O2.ClH/c1-2-6-16(7-3-1)15-26-19-9-5-4-8-17(19)20-24-21(27-25-20)18-14-22(18)10-12-23-13-11-22;/h1-9,18,23H,10-15H2;1H. The maximum absolute atomic E-state index is 6.04. The second-order valence-corrected chi connectivity index (χ2v) is 7.60. The predicted molar refractivity (Wildman–Crippen MR) is 110 cm³/mol. The van der Waals surface area contributed by atoms with Crippen LogP contribution in [0.2, 0.25) is 0 Å². The number of hydrogen-bond donors (Lipinski definition) is 1. The lowest BCUT2D eigenvalue weighted by Gasteiger charge is -2.22. The molecule has 146 valence electrons. The fourth-order valence-electron chi connectivity index (χ4n) is 4.17. The van der Waals surface area contributed by atoms with Gasteiger partial charge in [0.2, 0.25) is 11.7 Å². The molecule has 3 aromatic rings. The first-order valence-corrected chi connectivity index (χ1v) is 9.65. The molecule has 1 N–H and O–H groups in total. The van der Waals surface area contributed by atoms with Crippen LogP contribution in [0, 0.1) is 5.41 Å². The Hall–Kier alpha value is -2.37. The van der Waals surface area contributed by atoms with Crippen molar-refractivity contribution >= 4 is 12.4 Å². The average Bonchev–Trinajstić information content (AvgIpc) is 3.19. The number of nitrogens with zero attached hydrogens (tertiary/aromatic N) is 2. The maximum atomic E-state index is 6.04. The zero-order valence-corrected chi connectivity index (χ0v) is 16.5. The van der Waals surface area contributed by atoms with Crippen molar-refractivity contribution in [2.75, 3.05) is 13.1 Å². The molecule has 1 saturated carbocycles. The van der Waals surface area contributed by atoms with Crippen molar-refractivity contribution < 1.29 is 9.26 Å². The number of rotatable bonds is 5. The number of halogens is 1. The zero-order chi connectivity index (χ0) is 18.1. The number of hydrogen-bond acceptors (Lipinski definition) is 5. The third-order valence-electron chi connectivity index (χ3n) is 5.89. The average molecular weight is 398 g/mol. The van der Waals surface area contributed by atoms with Crippen LogP contribution in [0.1, 0.15) is 36.6 Å². The second-order valence-electron chi connectivity index (χ2n) is 7.60. The summed E-state index contributed by atoms with van der Waals surface area (Å²) in [6.45, 7) is 2.70. The van der Waals surface area contributed by atoms with Crippen molar-refractivity contribution in [3.05, 3.63) is 66.1 Å². The Kier molecular flexibility index (Phi) is 5.38. The molecule has 5 rings (SSSR count). The second kappa shape index (κ2) is 7.94. The topological polar surface area (TPSA) is 60.2 Å². The molecule has 2 heterocycles. The van der Waals surface area contributed by atoms with E-state index in [0.717, 1.165) is 35.9 Å². The number of benzene rings is 2. The predicted octanol–water partition coefficient (Wildman–Crippen LogP) is 4.59. The molecular weight excluding hydrogens is 374 g/mol. The Balaban J connectivity index is 0.00000192. The minimum Gasteiger partial charge on any atom is -0.488 e. The van der Waals surface area contributed by atoms with Crippen LogP contribution in [0.25, 0.3) is 11.4 Å². The molecule has 1 unspecified atom stereocenters. The summed E-state index contributed by atoms with van der Waals surface area (Å²) < 4.78 is 11.7. The van der Waals surface area contributed by atoms with Gasteiger partial charge in [0, 0.05) is 5.92 Å². The highest BCUT2D eigenvalue weighted by atomic mass is 35.5. The molecule has 2 fully saturated rings. The van der Waals surface area contributed by atoms with Gasteiger partial charge in [-0.15, -0.1) is 12.4 Å². The Morgan fingerprint density at radius 3 is 2.61 bits per heavy atom. The molecule has 1 spiro atoms. The van der Waals surface area contributed by atoms with Gasteiger partial charge in [-0.3, -0.25) is 0 Å². The maximum Gasteiger partial charge on any atom is 0.230 e. The number of ether oxygens (including phenoxy) is 1. The smallest absolute Gasteiger partial charge is 0.230 e. The lowest BCUT2D eigenvalue weighted by atomic mass is 9.92. The van der Waals surface area contributed by atoms with Crippen molar-refractivity contribution in [1.82, 2.24) is 15.5 Å². The summed E-state index contributed by atoms with van der Waals surface area (Å²) in [6.07, 6.45) is 3.57. The monoisotopic (exact) mass is 397 g/mol. The minimum atomic E-state index is 0. The summed E-state index contributed by atoms with van der Waals surface area (Å²) in [4.78, 5) is 4.73. The highest BCUT2D eigenvalue weighted by molar-refractivity contribution is 5.85. The van der Waals surface area contributed by atoms with Gasteiger partial charge in [-0.05, 0) is 55.5 Å². The quantitative estimate of drug-likeness (QED) is 0.682. The van der Waals surface area contributed by atoms with E-state index in [2.05, 4.69) is 22.6 Å². The van der Waals surface area contributed by atoms with Crippen LogP contribution in [0.4, 0.5) is 0 Å². The van der Waals surface area contributed by atoms with E-state index in [0.29, 0.717) is 23.8 Å². The molecule has 5 nitrogen and oxygen atoms in total. The summed E-state index contributed by atoms with van der Waals surface area (Å²) in [7, 11) is 0. The van der Waals surface area contributed by atoms with Crippen LogP contribution in [-0.2, 0) is 6.61 Å². The summed E-state index contributed by atoms with van der Waals surface area (Å²) >= 11 is 0. The molecule has 6 heteroatoms. The molecule has 1 atom stereocenters. The summed E-state index contributed by atoms with van der Waals surface area (Å²) in [5.74, 6) is 2.59. The molecule has 1 aromatic heterocycles. The van der Waals surface area contributed by atoms with Crippen molar-refractivity contribution in [2.45, 2.75) is 31.8 Å². The van der Waals surface area contributed by atoms with Crippen molar-refractivity contribution in [1.29, 1.82) is 0 Å². The van der Waals surface area contributed by atoms with E-state index < -0.39 is 0 Å². The molecule has 2 aliphatic rings. The van der Waals surface area contributed by atoms with E-state index in [-0.39, 0.29) is 12.4 Å². The Morgan fingerprint density at radius 1 is 1.04 bits per heavy atom. The summed E-state index contributed by atoms with van der Waals surface area (Å²) in [5.41, 5.74) is 2.40. The van der Waals surface area contributed by atoms with Gasteiger partial charge in [0.15, 0.2) is 0 Å². The van der Waals surface area contributed by atoms with Gasteiger partial charge >= 0.3 is 0 Å². The molecule has 1 aliphatic carbocycles. The number of piperidine rings is 1. The van der Waals surface area contributed by atoms with E-state index in [1.807, 2.05) is 42.5 Å². The summed E-state index contributed by atoms with van der Waals surface area (Å²) in [6, 6.07) is 18.0. The van der Waals surface area contributed by atoms with E-state index in [1.165, 1.54) is 19.3 Å². The molecular formula is C22H24ClN3O2. The molecule has 1 aliphatic heterocycles. The highest BCUT2D eigenvalue weighted by Gasteiger charge is 2.57. The first-order chi connectivity index (χ1) is 13.3. The van der Waals surface area contributed by atoms with Crippen LogP contribution in [0.5, 0.6) is 5.75 Å². The molecule has 28 heavy (non-hydrogen) atoms. The Bertz CT molecular complexity index is 922. The first-order valence-electron chi connectivity index (χ1n) is 9.65. The van der Waals surface area contributed by atoms with E-state index >= 15 is 0 Å². The number of aromatic nitrogens is 2.